The number of ketones is 1. The highest BCUT2D eigenvalue weighted by atomic mass is 35.5. The molecule has 0 aliphatic rings. The number of nitrogens with two attached hydrogens (primary N) is 1. The first-order valence-corrected chi connectivity index (χ1v) is 5.88. The van der Waals surface area contributed by atoms with Crippen molar-refractivity contribution in [2.75, 3.05) is 0 Å². The zero-order valence-electron chi connectivity index (χ0n) is 9.39. The molecule has 4 heteroatoms. The molecule has 0 heterocycles. The van der Waals surface area contributed by atoms with Crippen LogP contribution in [0.3, 0.4) is 0 Å². The number of Topliss-reactive ketones (excluding diaryl/α,β-unsaturated/α-hetero) is 1. The molecule has 2 N–H and O–H groups in total. The summed E-state index contributed by atoms with van der Waals surface area (Å²) in [7, 11) is 0. The first-order valence-electron chi connectivity index (χ1n) is 5.13. The maximum Gasteiger partial charge on any atom is 0.156 e. The van der Waals surface area contributed by atoms with Gasteiger partial charge in [-0.1, -0.05) is 30.1 Å². The molecule has 0 aromatic heterocycles. The predicted molar refractivity (Wildman–Crippen MR) is 68.1 cm³/mol. The number of hydrogen-bond acceptors (Lipinski definition) is 2. The molecule has 0 fully saturated rings. The molecule has 2 nitrogen and oxygen atoms in total. The van der Waals surface area contributed by atoms with E-state index in [4.69, 9.17) is 28.9 Å². The molecule has 1 unspecified atom stereocenters. The van der Waals surface area contributed by atoms with Crippen LogP contribution in [0.15, 0.2) is 18.2 Å². The molecule has 0 aliphatic heterocycles. The normalized spacial score (nSPS) is 14.6. The van der Waals surface area contributed by atoms with Crippen LogP contribution in [0.5, 0.6) is 0 Å². The van der Waals surface area contributed by atoms with Crippen LogP contribution in [0.1, 0.15) is 25.8 Å². The third kappa shape index (κ3) is 3.21. The number of halogens is 2. The second kappa shape index (κ2) is 5.17. The van der Waals surface area contributed by atoms with Gasteiger partial charge in [-0.25, -0.2) is 0 Å². The fourth-order valence-electron chi connectivity index (χ4n) is 1.25. The fraction of sp³-hybridized carbons (Fsp3) is 0.417. The van der Waals surface area contributed by atoms with Crippen LogP contribution in [0.2, 0.25) is 10.0 Å². The minimum absolute atomic E-state index is 0.0285. The second-order valence-electron chi connectivity index (χ2n) is 4.11. The monoisotopic (exact) mass is 259 g/mol. The Morgan fingerprint density at radius 2 is 2.06 bits per heavy atom. The van der Waals surface area contributed by atoms with Crippen molar-refractivity contribution in [3.63, 3.8) is 0 Å². The molecule has 0 radical (unpaired) electrons. The molecule has 0 bridgehead atoms. The van der Waals surface area contributed by atoms with Gasteiger partial charge in [-0.2, -0.15) is 0 Å². The average Bonchev–Trinajstić information content (AvgIpc) is 2.23. The van der Waals surface area contributed by atoms with E-state index in [0.717, 1.165) is 5.56 Å². The lowest BCUT2D eigenvalue weighted by atomic mass is 9.90. The predicted octanol–water partition coefficient (Wildman–Crippen LogP) is 3.23. The van der Waals surface area contributed by atoms with Crippen LogP contribution in [0.25, 0.3) is 0 Å². The Morgan fingerprint density at radius 1 is 1.44 bits per heavy atom. The molecule has 0 amide bonds. The van der Waals surface area contributed by atoms with E-state index in [2.05, 4.69) is 0 Å². The summed E-state index contributed by atoms with van der Waals surface area (Å²) in [6.07, 6.45) is 0.824. The Balaban J connectivity index is 2.89. The summed E-state index contributed by atoms with van der Waals surface area (Å²) in [5, 5.41) is 1.12. The van der Waals surface area contributed by atoms with Gasteiger partial charge in [0.25, 0.3) is 0 Å². The van der Waals surface area contributed by atoms with Gasteiger partial charge in [-0.05, 0) is 37.1 Å². The van der Waals surface area contributed by atoms with Gasteiger partial charge in [0.15, 0.2) is 5.78 Å². The molecular weight excluding hydrogens is 245 g/mol. The van der Waals surface area contributed by atoms with E-state index in [-0.39, 0.29) is 12.2 Å². The van der Waals surface area contributed by atoms with Gasteiger partial charge in [0, 0.05) is 16.5 Å². The summed E-state index contributed by atoms with van der Waals surface area (Å²) < 4.78 is 0. The molecule has 88 valence electrons. The van der Waals surface area contributed by atoms with Crippen LogP contribution in [-0.2, 0) is 11.2 Å². The van der Waals surface area contributed by atoms with E-state index in [1.54, 1.807) is 25.1 Å². The summed E-state index contributed by atoms with van der Waals surface area (Å²) >= 11 is 11.8. The van der Waals surface area contributed by atoms with Gasteiger partial charge in [0.1, 0.15) is 0 Å². The lowest BCUT2D eigenvalue weighted by Crippen LogP contribution is -2.45. The van der Waals surface area contributed by atoms with Gasteiger partial charge in [-0.3, -0.25) is 4.79 Å². The molecular formula is C12H15Cl2NO. The van der Waals surface area contributed by atoms with E-state index in [1.165, 1.54) is 0 Å². The summed E-state index contributed by atoms with van der Waals surface area (Å²) in [5.41, 5.74) is 5.80. The third-order valence-corrected chi connectivity index (χ3v) is 3.33. The molecule has 1 aromatic rings. The Bertz CT molecular complexity index is 402. The maximum absolute atomic E-state index is 11.9. The average molecular weight is 260 g/mol. The summed E-state index contributed by atoms with van der Waals surface area (Å²) in [5.74, 6) is -0.0285. The first kappa shape index (κ1) is 13.5. The Morgan fingerprint density at radius 3 is 2.62 bits per heavy atom. The lowest BCUT2D eigenvalue weighted by Gasteiger charge is -2.21. The largest absolute Gasteiger partial charge is 0.319 e. The van der Waals surface area contributed by atoms with Crippen molar-refractivity contribution in [3.8, 4) is 0 Å². The van der Waals surface area contributed by atoms with E-state index in [9.17, 15) is 4.79 Å². The summed E-state index contributed by atoms with van der Waals surface area (Å²) in [6, 6.07) is 5.08. The van der Waals surface area contributed by atoms with Crippen LogP contribution in [0.4, 0.5) is 0 Å². The molecule has 1 rings (SSSR count). The first-order chi connectivity index (χ1) is 7.36. The van der Waals surface area contributed by atoms with Gasteiger partial charge >= 0.3 is 0 Å². The number of hydrogen-bond donors (Lipinski definition) is 1. The van der Waals surface area contributed by atoms with Crippen molar-refractivity contribution in [1.82, 2.24) is 0 Å². The number of benzene rings is 1. The van der Waals surface area contributed by atoms with E-state index >= 15 is 0 Å². The van der Waals surface area contributed by atoms with Gasteiger partial charge in [-0.15, -0.1) is 0 Å². The minimum Gasteiger partial charge on any atom is -0.319 e. The highest BCUT2D eigenvalue weighted by Crippen LogP contribution is 2.22. The molecule has 0 aliphatic carbocycles. The molecule has 0 saturated heterocycles. The fourth-order valence-corrected chi connectivity index (χ4v) is 1.63. The van der Waals surface area contributed by atoms with Crippen molar-refractivity contribution in [3.05, 3.63) is 33.8 Å². The molecule has 0 saturated carbocycles. The molecule has 1 aromatic carbocycles. The highest BCUT2D eigenvalue weighted by Gasteiger charge is 2.26. The van der Waals surface area contributed by atoms with Crippen LogP contribution in [-0.4, -0.2) is 11.3 Å². The lowest BCUT2D eigenvalue weighted by molar-refractivity contribution is -0.123. The maximum atomic E-state index is 11.9. The van der Waals surface area contributed by atoms with Crippen LogP contribution >= 0.6 is 23.2 Å². The Kier molecular flexibility index (Phi) is 4.36. The zero-order valence-corrected chi connectivity index (χ0v) is 10.9. The quantitative estimate of drug-likeness (QED) is 0.903. The van der Waals surface area contributed by atoms with Gasteiger partial charge in [0.05, 0.1) is 5.54 Å². The highest BCUT2D eigenvalue weighted by molar-refractivity contribution is 6.33. The molecule has 0 spiro atoms. The number of carbonyl (C=O) groups is 1. The van der Waals surface area contributed by atoms with Gasteiger partial charge in [0.2, 0.25) is 0 Å². The molecule has 1 atom stereocenters. The van der Waals surface area contributed by atoms with E-state index in [0.29, 0.717) is 16.5 Å². The van der Waals surface area contributed by atoms with Crippen molar-refractivity contribution in [2.24, 2.45) is 5.73 Å². The van der Waals surface area contributed by atoms with Crippen molar-refractivity contribution < 1.29 is 4.79 Å². The van der Waals surface area contributed by atoms with Crippen LogP contribution in [0, 0.1) is 0 Å². The Hall–Kier alpha value is -0.570. The van der Waals surface area contributed by atoms with Crippen LogP contribution < -0.4 is 5.73 Å². The third-order valence-electron chi connectivity index (χ3n) is 2.73. The number of rotatable bonds is 4. The van der Waals surface area contributed by atoms with E-state index < -0.39 is 5.54 Å². The van der Waals surface area contributed by atoms with Crippen molar-refractivity contribution in [2.45, 2.75) is 32.2 Å². The topological polar surface area (TPSA) is 43.1 Å². The van der Waals surface area contributed by atoms with Crippen molar-refractivity contribution in [1.29, 1.82) is 0 Å². The second-order valence-corrected chi connectivity index (χ2v) is 4.95. The van der Waals surface area contributed by atoms with Crippen molar-refractivity contribution >= 4 is 29.0 Å². The van der Waals surface area contributed by atoms with E-state index in [1.807, 2.05) is 6.92 Å². The van der Waals surface area contributed by atoms with Gasteiger partial charge < -0.3 is 5.73 Å². The smallest absolute Gasteiger partial charge is 0.156 e. The molecule has 16 heavy (non-hydrogen) atoms. The minimum atomic E-state index is -0.800. The number of carbonyl (C=O) groups excluding carboxylic acids is 1. The summed E-state index contributed by atoms with van der Waals surface area (Å²) in [4.78, 5) is 11.9. The Labute approximate surface area is 106 Å². The zero-order chi connectivity index (χ0) is 12.3. The SMILES string of the molecule is CCC(C)(N)C(=O)Cc1cc(Cl)ccc1Cl. The standard InChI is InChI=1S/C12H15Cl2NO/c1-3-12(2,15)11(16)7-8-6-9(13)4-5-10(8)14/h4-6H,3,7,15H2,1-2H3. The summed E-state index contributed by atoms with van der Waals surface area (Å²) in [6.45, 7) is 3.62.